The lowest BCUT2D eigenvalue weighted by atomic mass is 10.1. The minimum Gasteiger partial charge on any atom is -0.310 e. The largest absolute Gasteiger partial charge is 0.310 e. The van der Waals surface area contributed by atoms with E-state index in [1.54, 1.807) is 16.4 Å². The Morgan fingerprint density at radius 3 is 2.89 bits per heavy atom. The Balaban J connectivity index is 2.33. The van der Waals surface area contributed by atoms with Gasteiger partial charge >= 0.3 is 0 Å². The van der Waals surface area contributed by atoms with Gasteiger partial charge in [-0.05, 0) is 37.6 Å². The molecule has 18 heavy (non-hydrogen) atoms. The second-order valence-corrected chi connectivity index (χ2v) is 6.03. The summed E-state index contributed by atoms with van der Waals surface area (Å²) in [5.41, 5.74) is 0.105. The van der Waals surface area contributed by atoms with Crippen LogP contribution < -0.4 is 5.32 Å². The van der Waals surface area contributed by atoms with E-state index in [-0.39, 0.29) is 5.54 Å². The maximum atomic E-state index is 8.46. The predicted octanol–water partition coefficient (Wildman–Crippen LogP) is 1.46. The minimum atomic E-state index is 0.105. The van der Waals surface area contributed by atoms with Crippen molar-refractivity contribution < 1.29 is 0 Å². The molecule has 0 spiro atoms. The van der Waals surface area contributed by atoms with Gasteiger partial charge < -0.3 is 5.32 Å². The van der Waals surface area contributed by atoms with Gasteiger partial charge in [0.1, 0.15) is 0 Å². The summed E-state index contributed by atoms with van der Waals surface area (Å²) < 4.78 is 1.80. The number of aromatic nitrogens is 4. The van der Waals surface area contributed by atoms with Gasteiger partial charge in [-0.3, -0.25) is 0 Å². The first kappa shape index (κ1) is 14.9. The van der Waals surface area contributed by atoms with Crippen LogP contribution in [-0.2, 0) is 6.54 Å². The van der Waals surface area contributed by atoms with Gasteiger partial charge in [0, 0.05) is 24.3 Å². The fraction of sp³-hybridized carbons (Fsp3) is 0.818. The van der Waals surface area contributed by atoms with Crippen LogP contribution in [0.2, 0.25) is 0 Å². The normalized spacial score (nSPS) is 11.4. The van der Waals surface area contributed by atoms with Gasteiger partial charge in [0.15, 0.2) is 0 Å². The van der Waals surface area contributed by atoms with Crippen molar-refractivity contribution >= 4 is 11.8 Å². The average molecular weight is 268 g/mol. The molecule has 0 unspecified atom stereocenters. The number of hydrogen-bond acceptors (Lipinski definition) is 6. The van der Waals surface area contributed by atoms with Crippen molar-refractivity contribution in [3.63, 3.8) is 0 Å². The summed E-state index contributed by atoms with van der Waals surface area (Å²) in [6.45, 7) is 7.98. The second kappa shape index (κ2) is 7.34. The molecule has 1 aromatic heterocycles. The molecule has 1 heterocycles. The lowest BCUT2D eigenvalue weighted by molar-refractivity contribution is 0.396. The number of unbranched alkanes of at least 4 members (excludes halogenated alkanes) is 1. The molecule has 1 aromatic rings. The topological polar surface area (TPSA) is 79.4 Å². The molecule has 0 aromatic carbocycles. The molecule has 6 nitrogen and oxygen atoms in total. The average Bonchev–Trinajstić information content (AvgIpc) is 2.71. The van der Waals surface area contributed by atoms with E-state index in [0.717, 1.165) is 30.4 Å². The van der Waals surface area contributed by atoms with E-state index >= 15 is 0 Å². The fourth-order valence-electron chi connectivity index (χ4n) is 1.29. The number of nitriles is 1. The Hall–Kier alpha value is -1.13. The Morgan fingerprint density at radius 1 is 1.44 bits per heavy atom. The van der Waals surface area contributed by atoms with Crippen LogP contribution >= 0.6 is 11.8 Å². The predicted molar refractivity (Wildman–Crippen MR) is 71.1 cm³/mol. The lowest BCUT2D eigenvalue weighted by Gasteiger charge is -2.20. The molecule has 0 amide bonds. The van der Waals surface area contributed by atoms with Gasteiger partial charge in [0.25, 0.3) is 0 Å². The lowest BCUT2D eigenvalue weighted by Crippen LogP contribution is -2.38. The van der Waals surface area contributed by atoms with Crippen molar-refractivity contribution in [1.29, 1.82) is 5.26 Å². The molecule has 0 aliphatic rings. The quantitative estimate of drug-likeness (QED) is 0.595. The van der Waals surface area contributed by atoms with Crippen molar-refractivity contribution in [3.8, 4) is 6.07 Å². The van der Waals surface area contributed by atoms with Crippen molar-refractivity contribution in [2.75, 3.05) is 12.3 Å². The fourth-order valence-corrected chi connectivity index (χ4v) is 2.13. The van der Waals surface area contributed by atoms with Gasteiger partial charge in [0.05, 0.1) is 12.6 Å². The molecule has 0 radical (unpaired) electrons. The number of nitrogens with zero attached hydrogens (tertiary/aromatic N) is 5. The van der Waals surface area contributed by atoms with Crippen LogP contribution in [0.4, 0.5) is 0 Å². The van der Waals surface area contributed by atoms with Gasteiger partial charge in [-0.25, -0.2) is 4.68 Å². The zero-order valence-corrected chi connectivity index (χ0v) is 12.0. The summed E-state index contributed by atoms with van der Waals surface area (Å²) in [6, 6.07) is 2.13. The highest BCUT2D eigenvalue weighted by Crippen LogP contribution is 2.15. The monoisotopic (exact) mass is 268 g/mol. The summed E-state index contributed by atoms with van der Waals surface area (Å²) in [4.78, 5) is 0. The first-order valence-electron chi connectivity index (χ1n) is 6.04. The van der Waals surface area contributed by atoms with E-state index in [9.17, 15) is 0 Å². The van der Waals surface area contributed by atoms with Crippen LogP contribution in [-0.4, -0.2) is 38.0 Å². The van der Waals surface area contributed by atoms with Crippen LogP contribution in [0.25, 0.3) is 0 Å². The molecular weight excluding hydrogens is 248 g/mol. The summed E-state index contributed by atoms with van der Waals surface area (Å²) in [5.74, 6) is 0.876. The van der Waals surface area contributed by atoms with Gasteiger partial charge in [-0.15, -0.1) is 5.10 Å². The highest BCUT2D eigenvalue weighted by atomic mass is 32.2. The first-order valence-corrected chi connectivity index (χ1v) is 7.02. The number of rotatable bonds is 7. The maximum Gasteiger partial charge on any atom is 0.209 e. The van der Waals surface area contributed by atoms with Crippen molar-refractivity contribution in [1.82, 2.24) is 25.5 Å². The third-order valence-corrected chi connectivity index (χ3v) is 3.19. The minimum absolute atomic E-state index is 0.105. The Labute approximate surface area is 112 Å². The van der Waals surface area contributed by atoms with E-state index < -0.39 is 0 Å². The van der Waals surface area contributed by atoms with E-state index in [2.05, 4.69) is 47.7 Å². The molecule has 0 aliphatic heterocycles. The molecule has 0 aliphatic carbocycles. The molecular formula is C11H20N6S. The zero-order valence-electron chi connectivity index (χ0n) is 11.2. The van der Waals surface area contributed by atoms with Crippen molar-refractivity contribution in [2.24, 2.45) is 0 Å². The summed E-state index contributed by atoms with van der Waals surface area (Å²) in [7, 11) is 0. The number of tetrazole rings is 1. The highest BCUT2D eigenvalue weighted by Gasteiger charge is 2.10. The smallest absolute Gasteiger partial charge is 0.209 e. The first-order chi connectivity index (χ1) is 8.53. The van der Waals surface area contributed by atoms with E-state index in [1.165, 1.54) is 0 Å². The van der Waals surface area contributed by atoms with Gasteiger partial charge in [-0.2, -0.15) is 5.26 Å². The summed E-state index contributed by atoms with van der Waals surface area (Å²) >= 11 is 1.60. The van der Waals surface area contributed by atoms with E-state index in [4.69, 9.17) is 5.26 Å². The van der Waals surface area contributed by atoms with Crippen LogP contribution in [0.5, 0.6) is 0 Å². The zero-order chi connectivity index (χ0) is 13.4. The Kier molecular flexibility index (Phi) is 6.09. The molecule has 1 N–H and O–H groups in total. The molecule has 0 saturated carbocycles. The number of hydrogen-bond donors (Lipinski definition) is 1. The molecule has 0 atom stereocenters. The molecule has 1 rings (SSSR count). The van der Waals surface area contributed by atoms with Gasteiger partial charge in [0.2, 0.25) is 5.16 Å². The summed E-state index contributed by atoms with van der Waals surface area (Å²) in [6.07, 6.45) is 1.45. The van der Waals surface area contributed by atoms with E-state index in [0.29, 0.717) is 6.42 Å². The highest BCUT2D eigenvalue weighted by molar-refractivity contribution is 7.99. The van der Waals surface area contributed by atoms with Crippen LogP contribution in [0.3, 0.4) is 0 Å². The third kappa shape index (κ3) is 5.98. The van der Waals surface area contributed by atoms with Crippen LogP contribution in [0.1, 0.15) is 33.6 Å². The molecule has 7 heteroatoms. The molecule has 0 bridgehead atoms. The van der Waals surface area contributed by atoms with Crippen molar-refractivity contribution in [3.05, 3.63) is 0 Å². The maximum absolute atomic E-state index is 8.46. The SMILES string of the molecule is CC(C)(C)NCCn1nnnc1SCCCC#N. The van der Waals surface area contributed by atoms with Gasteiger partial charge in [-0.1, -0.05) is 11.8 Å². The van der Waals surface area contributed by atoms with Crippen LogP contribution in [0, 0.1) is 11.3 Å². The molecule has 0 fully saturated rings. The number of nitrogens with one attached hydrogen (secondary N) is 1. The standard InChI is InChI=1S/C11H20N6S/c1-11(2,3)13-7-8-17-10(14-15-16-17)18-9-5-4-6-12/h13H,4-5,7-9H2,1-3H3. The van der Waals surface area contributed by atoms with Crippen molar-refractivity contribution in [2.45, 2.75) is 50.9 Å². The molecule has 0 saturated heterocycles. The molecule has 100 valence electrons. The second-order valence-electron chi connectivity index (χ2n) is 4.97. The van der Waals surface area contributed by atoms with E-state index in [1.807, 2.05) is 0 Å². The van der Waals surface area contributed by atoms with Crippen LogP contribution in [0.15, 0.2) is 5.16 Å². The third-order valence-electron chi connectivity index (χ3n) is 2.14. The Bertz CT molecular complexity index is 389. The Morgan fingerprint density at radius 2 is 2.22 bits per heavy atom. The number of thioether (sulfide) groups is 1. The summed E-state index contributed by atoms with van der Waals surface area (Å²) in [5, 5.41) is 24.3.